The van der Waals surface area contributed by atoms with Gasteiger partial charge in [0.2, 0.25) is 5.91 Å². The van der Waals surface area contributed by atoms with E-state index in [1.165, 1.54) is 4.90 Å². The van der Waals surface area contributed by atoms with E-state index in [4.69, 9.17) is 4.74 Å². The minimum atomic E-state index is -0.260. The number of hydrogen-bond acceptors (Lipinski definition) is 4. The lowest BCUT2D eigenvalue weighted by molar-refractivity contribution is -0.123. The number of amides is 2. The van der Waals surface area contributed by atoms with Gasteiger partial charge in [0, 0.05) is 12.1 Å². The van der Waals surface area contributed by atoms with E-state index in [1.807, 2.05) is 60.7 Å². The van der Waals surface area contributed by atoms with E-state index < -0.39 is 0 Å². The van der Waals surface area contributed by atoms with Crippen molar-refractivity contribution in [1.29, 1.82) is 0 Å². The summed E-state index contributed by atoms with van der Waals surface area (Å²) in [7, 11) is 0. The number of para-hydroxylation sites is 4. The summed E-state index contributed by atoms with van der Waals surface area (Å²) in [6.07, 6.45) is 1.56. The Balaban J connectivity index is 1.23. The molecule has 1 aliphatic heterocycles. The van der Waals surface area contributed by atoms with Gasteiger partial charge in [-0.3, -0.25) is 14.5 Å². The molecule has 0 aliphatic carbocycles. The van der Waals surface area contributed by atoms with Gasteiger partial charge in [-0.25, -0.2) is 4.98 Å². The van der Waals surface area contributed by atoms with Crippen LogP contribution in [-0.4, -0.2) is 34.9 Å². The van der Waals surface area contributed by atoms with E-state index >= 15 is 0 Å². The van der Waals surface area contributed by atoms with Crippen molar-refractivity contribution in [2.24, 2.45) is 0 Å². The summed E-state index contributed by atoms with van der Waals surface area (Å²) in [5.41, 5.74) is 4.39. The molecule has 0 fully saturated rings. The van der Waals surface area contributed by atoms with Crippen molar-refractivity contribution >= 4 is 34.2 Å². The third-order valence-electron chi connectivity index (χ3n) is 5.41. The summed E-state index contributed by atoms with van der Waals surface area (Å²) in [6, 6.07) is 22.9. The largest absolute Gasteiger partial charge is 0.482 e. The smallest absolute Gasteiger partial charge is 0.265 e. The van der Waals surface area contributed by atoms with Gasteiger partial charge in [0.1, 0.15) is 18.1 Å². The topological polar surface area (TPSA) is 87.3 Å². The average Bonchev–Trinajstić information content (AvgIpc) is 3.23. The van der Waals surface area contributed by atoms with Crippen LogP contribution in [0.15, 0.2) is 72.8 Å². The van der Waals surface area contributed by atoms with Crippen LogP contribution in [0.25, 0.3) is 11.0 Å². The number of hydrogen-bond donors (Lipinski definition) is 2. The standard InChI is InChI=1S/C25H22N4O3/c30-24(15-29-21-10-3-4-11-22(21)32-16-25(29)31)26-18-7-5-6-17(14-18)12-13-23-27-19-8-1-2-9-20(19)28-23/h1-11,14H,12-13,15-16H2,(H,26,30)(H,27,28). The lowest BCUT2D eigenvalue weighted by Gasteiger charge is -2.28. The maximum Gasteiger partial charge on any atom is 0.265 e. The van der Waals surface area contributed by atoms with Crippen LogP contribution in [0.1, 0.15) is 11.4 Å². The van der Waals surface area contributed by atoms with Gasteiger partial charge in [-0.15, -0.1) is 0 Å². The summed E-state index contributed by atoms with van der Waals surface area (Å²) >= 11 is 0. The summed E-state index contributed by atoms with van der Waals surface area (Å²) in [4.78, 5) is 34.4. The Hall–Kier alpha value is -4.13. The number of aromatic nitrogens is 2. The third-order valence-corrected chi connectivity index (χ3v) is 5.41. The van der Waals surface area contributed by atoms with Gasteiger partial charge in [-0.2, -0.15) is 0 Å². The Morgan fingerprint density at radius 1 is 1.03 bits per heavy atom. The lowest BCUT2D eigenvalue weighted by atomic mass is 10.1. The van der Waals surface area contributed by atoms with E-state index in [1.54, 1.807) is 12.1 Å². The number of fused-ring (bicyclic) bond motifs is 2. The van der Waals surface area contributed by atoms with Crippen molar-refractivity contribution in [2.75, 3.05) is 23.4 Å². The van der Waals surface area contributed by atoms with Crippen LogP contribution >= 0.6 is 0 Å². The molecule has 32 heavy (non-hydrogen) atoms. The van der Waals surface area contributed by atoms with E-state index in [-0.39, 0.29) is 25.0 Å². The Bertz CT molecular complexity index is 1260. The van der Waals surface area contributed by atoms with Crippen LogP contribution in [0.4, 0.5) is 11.4 Å². The highest BCUT2D eigenvalue weighted by molar-refractivity contribution is 6.04. The fourth-order valence-corrected chi connectivity index (χ4v) is 3.86. The minimum absolute atomic E-state index is 0.0670. The molecule has 0 atom stereocenters. The molecule has 3 aromatic carbocycles. The van der Waals surface area contributed by atoms with Crippen molar-refractivity contribution < 1.29 is 14.3 Å². The number of benzene rings is 3. The highest BCUT2D eigenvalue weighted by Crippen LogP contribution is 2.31. The molecule has 1 aliphatic rings. The molecule has 2 N–H and O–H groups in total. The van der Waals surface area contributed by atoms with Gasteiger partial charge in [-0.1, -0.05) is 36.4 Å². The predicted molar refractivity (Wildman–Crippen MR) is 123 cm³/mol. The summed E-state index contributed by atoms with van der Waals surface area (Å²) < 4.78 is 5.43. The number of rotatable bonds is 6. The van der Waals surface area contributed by atoms with Crippen LogP contribution in [0.2, 0.25) is 0 Å². The quantitative estimate of drug-likeness (QED) is 0.492. The normalized spacial score (nSPS) is 13.0. The molecule has 0 saturated heterocycles. The zero-order valence-corrected chi connectivity index (χ0v) is 17.4. The number of anilines is 2. The van der Waals surface area contributed by atoms with Crippen molar-refractivity contribution in [3.05, 3.63) is 84.2 Å². The first-order chi connectivity index (χ1) is 15.7. The summed E-state index contributed by atoms with van der Waals surface area (Å²) in [5.74, 6) is 1.04. The number of ether oxygens (including phenoxy) is 1. The number of nitrogens with zero attached hydrogens (tertiary/aromatic N) is 2. The van der Waals surface area contributed by atoms with Crippen molar-refractivity contribution in [1.82, 2.24) is 9.97 Å². The van der Waals surface area contributed by atoms with Gasteiger partial charge in [0.25, 0.3) is 5.91 Å². The molecule has 1 aromatic heterocycles. The zero-order chi connectivity index (χ0) is 21.9. The molecular weight excluding hydrogens is 404 g/mol. The van der Waals surface area contributed by atoms with Crippen LogP contribution in [0, 0.1) is 0 Å². The first-order valence-corrected chi connectivity index (χ1v) is 10.5. The highest BCUT2D eigenvalue weighted by atomic mass is 16.5. The van der Waals surface area contributed by atoms with Crippen LogP contribution in [0.5, 0.6) is 5.75 Å². The fraction of sp³-hybridized carbons (Fsp3) is 0.160. The second-order valence-electron chi connectivity index (χ2n) is 7.69. The number of imidazole rings is 1. The summed E-state index contributed by atoms with van der Waals surface area (Å²) in [6.45, 7) is -0.135. The molecule has 160 valence electrons. The fourth-order valence-electron chi connectivity index (χ4n) is 3.86. The number of aromatic amines is 1. The van der Waals surface area contributed by atoms with Gasteiger partial charge in [-0.05, 0) is 48.4 Å². The minimum Gasteiger partial charge on any atom is -0.482 e. The van der Waals surface area contributed by atoms with E-state index in [0.717, 1.165) is 35.3 Å². The Kier molecular flexibility index (Phi) is 5.29. The highest BCUT2D eigenvalue weighted by Gasteiger charge is 2.26. The van der Waals surface area contributed by atoms with Crippen LogP contribution in [0.3, 0.4) is 0 Å². The summed E-state index contributed by atoms with van der Waals surface area (Å²) in [5, 5.41) is 2.90. The predicted octanol–water partition coefficient (Wildman–Crippen LogP) is 3.71. The Morgan fingerprint density at radius 2 is 1.88 bits per heavy atom. The van der Waals surface area contributed by atoms with Crippen molar-refractivity contribution in [3.8, 4) is 5.75 Å². The van der Waals surface area contributed by atoms with Crippen LogP contribution in [-0.2, 0) is 22.4 Å². The maximum atomic E-state index is 12.7. The molecule has 2 heterocycles. The second kappa shape index (κ2) is 8.55. The molecule has 5 rings (SSSR count). The van der Waals surface area contributed by atoms with Gasteiger partial charge >= 0.3 is 0 Å². The monoisotopic (exact) mass is 426 g/mol. The molecule has 7 heteroatoms. The molecule has 0 bridgehead atoms. The molecular formula is C25H22N4O3. The maximum absolute atomic E-state index is 12.7. The molecule has 0 unspecified atom stereocenters. The molecule has 0 spiro atoms. The lowest BCUT2D eigenvalue weighted by Crippen LogP contribution is -2.43. The SMILES string of the molecule is O=C(CN1C(=O)COc2ccccc21)Nc1cccc(CCc2nc3ccccc3[nH]2)c1. The van der Waals surface area contributed by atoms with Gasteiger partial charge in [0.05, 0.1) is 16.7 Å². The Morgan fingerprint density at radius 3 is 2.78 bits per heavy atom. The Labute approximate surface area is 185 Å². The van der Waals surface area contributed by atoms with Crippen molar-refractivity contribution in [3.63, 3.8) is 0 Å². The number of aryl methyl sites for hydroxylation is 2. The van der Waals surface area contributed by atoms with Gasteiger partial charge in [0.15, 0.2) is 6.61 Å². The van der Waals surface area contributed by atoms with Gasteiger partial charge < -0.3 is 15.0 Å². The number of carbonyl (C=O) groups excluding carboxylic acids is 2. The van der Waals surface area contributed by atoms with E-state index in [9.17, 15) is 9.59 Å². The zero-order valence-electron chi connectivity index (χ0n) is 17.4. The number of H-pyrrole nitrogens is 1. The first kappa shape index (κ1) is 19.8. The average molecular weight is 426 g/mol. The molecule has 7 nitrogen and oxygen atoms in total. The second-order valence-corrected chi connectivity index (χ2v) is 7.69. The van der Waals surface area contributed by atoms with Crippen molar-refractivity contribution in [2.45, 2.75) is 12.8 Å². The first-order valence-electron chi connectivity index (χ1n) is 10.5. The third kappa shape index (κ3) is 4.18. The molecule has 0 saturated carbocycles. The number of carbonyl (C=O) groups is 2. The molecule has 0 radical (unpaired) electrons. The van der Waals surface area contributed by atoms with E-state index in [0.29, 0.717) is 17.1 Å². The molecule has 2 amide bonds. The van der Waals surface area contributed by atoms with E-state index in [2.05, 4.69) is 15.3 Å². The molecule has 4 aromatic rings. The number of nitrogens with one attached hydrogen (secondary N) is 2. The van der Waals surface area contributed by atoms with Crippen LogP contribution < -0.4 is 15.0 Å².